The Morgan fingerprint density at radius 3 is 2.65 bits per heavy atom. The first-order valence-corrected chi connectivity index (χ1v) is 10.9. The lowest BCUT2D eigenvalue weighted by Gasteiger charge is -2.12. The molecule has 0 atom stereocenters. The van der Waals surface area contributed by atoms with Gasteiger partial charge in [-0.2, -0.15) is 16.9 Å². The molecule has 1 aliphatic heterocycles. The summed E-state index contributed by atoms with van der Waals surface area (Å²) in [6.45, 7) is 0.427. The van der Waals surface area contributed by atoms with Gasteiger partial charge in [-0.15, -0.1) is 0 Å². The first-order chi connectivity index (χ1) is 15.0. The number of nitrogens with one attached hydrogen (secondary N) is 2. The zero-order valence-electron chi connectivity index (χ0n) is 16.5. The number of hydrogen-bond acceptors (Lipinski definition) is 4. The lowest BCUT2D eigenvalue weighted by Crippen LogP contribution is -2.30. The Balaban J connectivity index is 1.44. The molecule has 2 N–H and O–H groups in total. The highest BCUT2D eigenvalue weighted by Crippen LogP contribution is 2.34. The van der Waals surface area contributed by atoms with Gasteiger partial charge in [-0.3, -0.25) is 9.59 Å². The molecule has 2 heterocycles. The van der Waals surface area contributed by atoms with Gasteiger partial charge in [0.2, 0.25) is 5.91 Å². The zero-order chi connectivity index (χ0) is 21.8. The maximum absolute atomic E-state index is 13.5. The molecule has 4 rings (SSSR count). The Bertz CT molecular complexity index is 1120. The third-order valence-electron chi connectivity index (χ3n) is 4.90. The molecule has 2 amide bonds. The van der Waals surface area contributed by atoms with E-state index in [2.05, 4.69) is 15.7 Å². The zero-order valence-corrected chi connectivity index (χ0v) is 17.3. The Morgan fingerprint density at radius 2 is 1.87 bits per heavy atom. The molecule has 0 bridgehead atoms. The molecule has 160 valence electrons. The van der Waals surface area contributed by atoms with E-state index in [-0.39, 0.29) is 18.0 Å². The number of nitrogens with zero attached hydrogens (tertiary/aromatic N) is 2. The van der Waals surface area contributed by atoms with Gasteiger partial charge in [0, 0.05) is 29.2 Å². The van der Waals surface area contributed by atoms with Crippen molar-refractivity contribution in [2.24, 2.45) is 0 Å². The van der Waals surface area contributed by atoms with E-state index in [0.29, 0.717) is 30.3 Å². The van der Waals surface area contributed by atoms with Crippen molar-refractivity contribution in [2.75, 3.05) is 11.9 Å². The van der Waals surface area contributed by atoms with Crippen molar-refractivity contribution in [1.82, 2.24) is 15.1 Å². The number of hydrogen-bond donors (Lipinski definition) is 2. The lowest BCUT2D eigenvalue weighted by atomic mass is 10.1. The maximum Gasteiger partial charge on any atom is 0.256 e. The molecule has 0 saturated heterocycles. The minimum Gasteiger partial charge on any atom is -0.354 e. The van der Waals surface area contributed by atoms with Crippen LogP contribution in [0.4, 0.5) is 14.6 Å². The van der Waals surface area contributed by atoms with Crippen LogP contribution in [0.15, 0.2) is 48.5 Å². The molecule has 0 aliphatic carbocycles. The van der Waals surface area contributed by atoms with Gasteiger partial charge in [0.25, 0.3) is 5.91 Å². The molecule has 31 heavy (non-hydrogen) atoms. The van der Waals surface area contributed by atoms with Gasteiger partial charge in [-0.25, -0.2) is 13.5 Å². The number of carbonyl (C=O) groups excluding carboxylic acids is 2. The largest absolute Gasteiger partial charge is 0.354 e. The predicted octanol–water partition coefficient (Wildman–Crippen LogP) is 3.52. The highest BCUT2D eigenvalue weighted by Gasteiger charge is 2.25. The van der Waals surface area contributed by atoms with Crippen molar-refractivity contribution in [1.29, 1.82) is 0 Å². The second-order valence-corrected chi connectivity index (χ2v) is 8.08. The highest BCUT2D eigenvalue weighted by atomic mass is 32.2. The summed E-state index contributed by atoms with van der Waals surface area (Å²) in [5.41, 5.74) is 2.76. The van der Waals surface area contributed by atoms with Crippen LogP contribution in [0, 0.1) is 11.6 Å². The molecule has 0 radical (unpaired) electrons. The van der Waals surface area contributed by atoms with Crippen LogP contribution in [0.5, 0.6) is 0 Å². The van der Waals surface area contributed by atoms with Crippen molar-refractivity contribution in [3.63, 3.8) is 0 Å². The molecule has 6 nitrogen and oxygen atoms in total. The first kappa shape index (κ1) is 21.0. The van der Waals surface area contributed by atoms with E-state index < -0.39 is 17.5 Å². The summed E-state index contributed by atoms with van der Waals surface area (Å²) in [5, 5.41) is 10.0. The fourth-order valence-electron chi connectivity index (χ4n) is 3.32. The van der Waals surface area contributed by atoms with Crippen LogP contribution < -0.4 is 10.6 Å². The second kappa shape index (κ2) is 9.30. The summed E-state index contributed by atoms with van der Waals surface area (Å²) < 4.78 is 28.1. The molecule has 1 aliphatic rings. The fraction of sp³-hybridized carbons (Fsp3) is 0.227. The molecular weight excluding hydrogens is 422 g/mol. The number of aromatic nitrogens is 2. The van der Waals surface area contributed by atoms with Crippen LogP contribution in [-0.2, 0) is 29.3 Å². The molecule has 0 fully saturated rings. The summed E-state index contributed by atoms with van der Waals surface area (Å²) in [7, 11) is 0. The van der Waals surface area contributed by atoms with E-state index >= 15 is 0 Å². The van der Waals surface area contributed by atoms with Gasteiger partial charge in [0.05, 0.1) is 5.69 Å². The Morgan fingerprint density at radius 1 is 1.06 bits per heavy atom. The third-order valence-corrected chi connectivity index (χ3v) is 5.88. The number of anilines is 1. The summed E-state index contributed by atoms with van der Waals surface area (Å²) in [5.74, 6) is -1.19. The van der Waals surface area contributed by atoms with E-state index in [1.807, 2.05) is 30.3 Å². The third kappa shape index (κ3) is 4.93. The number of thioether (sulfide) groups is 1. The SMILES string of the molecule is O=C(Cn1nc2c(c1NC(=O)c1ccc(F)c(F)c1)CSC2)NCCc1ccccc1. The Hall–Kier alpha value is -3.20. The topological polar surface area (TPSA) is 76.0 Å². The molecular formula is C22H20F2N4O2S. The predicted molar refractivity (Wildman–Crippen MR) is 115 cm³/mol. The van der Waals surface area contributed by atoms with Crippen molar-refractivity contribution in [3.05, 3.63) is 82.5 Å². The van der Waals surface area contributed by atoms with Crippen molar-refractivity contribution < 1.29 is 18.4 Å². The Labute approximate surface area is 182 Å². The molecule has 0 saturated carbocycles. The molecule has 9 heteroatoms. The van der Waals surface area contributed by atoms with E-state index in [4.69, 9.17) is 0 Å². The minimum atomic E-state index is -1.10. The van der Waals surface area contributed by atoms with Gasteiger partial charge >= 0.3 is 0 Å². The van der Waals surface area contributed by atoms with E-state index in [9.17, 15) is 18.4 Å². The van der Waals surface area contributed by atoms with Crippen LogP contribution in [0.1, 0.15) is 27.2 Å². The van der Waals surface area contributed by atoms with E-state index in [1.165, 1.54) is 10.7 Å². The number of amides is 2. The quantitative estimate of drug-likeness (QED) is 0.587. The fourth-order valence-corrected chi connectivity index (χ4v) is 4.36. The summed E-state index contributed by atoms with van der Waals surface area (Å²) >= 11 is 1.65. The molecule has 0 spiro atoms. The number of benzene rings is 2. The number of halogens is 2. The maximum atomic E-state index is 13.5. The average molecular weight is 442 g/mol. The van der Waals surface area contributed by atoms with Crippen molar-refractivity contribution in [3.8, 4) is 0 Å². The summed E-state index contributed by atoms with van der Waals surface area (Å²) in [6.07, 6.45) is 0.707. The Kier molecular flexibility index (Phi) is 6.31. The van der Waals surface area contributed by atoms with E-state index in [0.717, 1.165) is 29.0 Å². The molecule has 2 aromatic carbocycles. The summed E-state index contributed by atoms with van der Waals surface area (Å²) in [4.78, 5) is 25.0. The highest BCUT2D eigenvalue weighted by molar-refractivity contribution is 7.98. The van der Waals surface area contributed by atoms with E-state index in [1.54, 1.807) is 11.8 Å². The van der Waals surface area contributed by atoms with Crippen LogP contribution in [0.25, 0.3) is 0 Å². The van der Waals surface area contributed by atoms with Gasteiger partial charge in [-0.1, -0.05) is 30.3 Å². The second-order valence-electron chi connectivity index (χ2n) is 7.09. The van der Waals surface area contributed by atoms with Crippen molar-refractivity contribution >= 4 is 29.4 Å². The number of rotatable bonds is 7. The van der Waals surface area contributed by atoms with Gasteiger partial charge in [0.1, 0.15) is 12.4 Å². The number of carbonyl (C=O) groups is 2. The monoisotopic (exact) mass is 442 g/mol. The number of fused-ring (bicyclic) bond motifs is 1. The van der Waals surface area contributed by atoms with Crippen LogP contribution in [0.2, 0.25) is 0 Å². The lowest BCUT2D eigenvalue weighted by molar-refractivity contribution is -0.121. The first-order valence-electron chi connectivity index (χ1n) is 9.74. The van der Waals surface area contributed by atoms with Crippen molar-refractivity contribution in [2.45, 2.75) is 24.5 Å². The average Bonchev–Trinajstić information content (AvgIpc) is 3.33. The normalized spacial score (nSPS) is 12.5. The summed E-state index contributed by atoms with van der Waals surface area (Å²) in [6, 6.07) is 12.8. The molecule has 1 aromatic heterocycles. The van der Waals surface area contributed by atoms with Gasteiger partial charge in [-0.05, 0) is 30.2 Å². The standard InChI is InChI=1S/C22H20F2N4O2S/c23-17-7-6-15(10-18(17)24)22(30)26-21-16-12-31-13-19(16)27-28(21)11-20(29)25-9-8-14-4-2-1-3-5-14/h1-7,10H,8-9,11-13H2,(H,25,29)(H,26,30). The van der Waals surface area contributed by atoms with Crippen LogP contribution in [-0.4, -0.2) is 28.1 Å². The van der Waals surface area contributed by atoms with Gasteiger partial charge < -0.3 is 10.6 Å². The van der Waals surface area contributed by atoms with Gasteiger partial charge in [0.15, 0.2) is 11.6 Å². The smallest absolute Gasteiger partial charge is 0.256 e. The molecule has 3 aromatic rings. The van der Waals surface area contributed by atoms with Crippen LogP contribution in [0.3, 0.4) is 0 Å². The minimum absolute atomic E-state index is 0.0154. The molecule has 0 unspecified atom stereocenters. The van der Waals surface area contributed by atoms with Crippen LogP contribution >= 0.6 is 11.8 Å².